The molecule has 0 aliphatic carbocycles. The first-order chi connectivity index (χ1) is 10.9. The highest BCUT2D eigenvalue weighted by Gasteiger charge is 2.30. The standard InChI is InChI=1S/C17H13F3O3/c18-17(19,20)14-8-6-13(7-9-14)16(22)23-11-10-15(21)12-4-2-1-3-5-12/h1-9H,10-11H2. The zero-order valence-electron chi connectivity index (χ0n) is 12.0. The maximum absolute atomic E-state index is 12.4. The van der Waals surface area contributed by atoms with Crippen molar-refractivity contribution in [2.45, 2.75) is 12.6 Å². The average molecular weight is 322 g/mol. The van der Waals surface area contributed by atoms with Gasteiger partial charge in [0.05, 0.1) is 17.7 Å². The Morgan fingerprint density at radius 1 is 0.870 bits per heavy atom. The molecule has 0 radical (unpaired) electrons. The lowest BCUT2D eigenvalue weighted by molar-refractivity contribution is -0.137. The van der Waals surface area contributed by atoms with E-state index in [2.05, 4.69) is 0 Å². The van der Waals surface area contributed by atoms with Crippen LogP contribution in [0.2, 0.25) is 0 Å². The van der Waals surface area contributed by atoms with Gasteiger partial charge in [-0.3, -0.25) is 4.79 Å². The summed E-state index contributed by atoms with van der Waals surface area (Å²) in [5.74, 6) is -0.939. The third-order valence-corrected chi connectivity index (χ3v) is 3.11. The molecule has 6 heteroatoms. The molecular formula is C17H13F3O3. The van der Waals surface area contributed by atoms with Crippen LogP contribution in [0.3, 0.4) is 0 Å². The molecule has 0 aromatic heterocycles. The SMILES string of the molecule is O=C(CCOC(=O)c1ccc(C(F)(F)F)cc1)c1ccccc1. The molecular weight excluding hydrogens is 309 g/mol. The molecule has 120 valence electrons. The first-order valence-corrected chi connectivity index (χ1v) is 6.80. The second-order valence-corrected chi connectivity index (χ2v) is 4.75. The van der Waals surface area contributed by atoms with Gasteiger partial charge in [-0.05, 0) is 24.3 Å². The molecule has 0 spiro atoms. The van der Waals surface area contributed by atoms with Crippen molar-refractivity contribution in [1.82, 2.24) is 0 Å². The van der Waals surface area contributed by atoms with E-state index in [9.17, 15) is 22.8 Å². The smallest absolute Gasteiger partial charge is 0.416 e. The molecule has 2 aromatic carbocycles. The fraction of sp³-hybridized carbons (Fsp3) is 0.176. The van der Waals surface area contributed by atoms with Crippen LogP contribution >= 0.6 is 0 Å². The number of carbonyl (C=O) groups excluding carboxylic acids is 2. The predicted octanol–water partition coefficient (Wildman–Crippen LogP) is 4.14. The van der Waals surface area contributed by atoms with Gasteiger partial charge in [0.15, 0.2) is 5.78 Å². The fourth-order valence-corrected chi connectivity index (χ4v) is 1.88. The van der Waals surface area contributed by atoms with Crippen molar-refractivity contribution in [3.05, 3.63) is 71.3 Å². The summed E-state index contributed by atoms with van der Waals surface area (Å²) in [6, 6.07) is 12.2. The van der Waals surface area contributed by atoms with Crippen molar-refractivity contribution >= 4 is 11.8 Å². The molecule has 0 saturated heterocycles. The second-order valence-electron chi connectivity index (χ2n) is 4.75. The van der Waals surface area contributed by atoms with Crippen LogP contribution in [-0.2, 0) is 10.9 Å². The van der Waals surface area contributed by atoms with Gasteiger partial charge in [0.2, 0.25) is 0 Å². The third-order valence-electron chi connectivity index (χ3n) is 3.11. The Kier molecular flexibility index (Phi) is 5.16. The van der Waals surface area contributed by atoms with Crippen molar-refractivity contribution in [2.75, 3.05) is 6.61 Å². The molecule has 23 heavy (non-hydrogen) atoms. The molecule has 2 rings (SSSR count). The highest BCUT2D eigenvalue weighted by molar-refractivity contribution is 5.96. The second kappa shape index (κ2) is 7.09. The summed E-state index contributed by atoms with van der Waals surface area (Å²) >= 11 is 0. The summed E-state index contributed by atoms with van der Waals surface area (Å²) < 4.78 is 42.2. The van der Waals surface area contributed by atoms with Crippen molar-refractivity contribution in [1.29, 1.82) is 0 Å². The summed E-state index contributed by atoms with van der Waals surface area (Å²) in [5.41, 5.74) is -0.323. The summed E-state index contributed by atoms with van der Waals surface area (Å²) in [7, 11) is 0. The van der Waals surface area contributed by atoms with E-state index >= 15 is 0 Å². The van der Waals surface area contributed by atoms with E-state index in [1.807, 2.05) is 0 Å². The Balaban J connectivity index is 1.87. The summed E-state index contributed by atoms with van der Waals surface area (Å²) in [6.45, 7) is -0.131. The Bertz CT molecular complexity index is 676. The minimum atomic E-state index is -4.45. The van der Waals surface area contributed by atoms with Crippen LogP contribution in [0.25, 0.3) is 0 Å². The summed E-state index contributed by atoms with van der Waals surface area (Å²) in [6.07, 6.45) is -4.44. The van der Waals surface area contributed by atoms with E-state index in [4.69, 9.17) is 4.74 Å². The van der Waals surface area contributed by atoms with Gasteiger partial charge in [-0.15, -0.1) is 0 Å². The average Bonchev–Trinajstić information content (AvgIpc) is 2.54. The van der Waals surface area contributed by atoms with Gasteiger partial charge in [-0.1, -0.05) is 30.3 Å². The number of ether oxygens (including phenoxy) is 1. The van der Waals surface area contributed by atoms with Gasteiger partial charge in [0, 0.05) is 12.0 Å². The van der Waals surface area contributed by atoms with E-state index in [1.165, 1.54) is 0 Å². The molecule has 0 fully saturated rings. The molecule has 0 atom stereocenters. The van der Waals surface area contributed by atoms with Crippen molar-refractivity contribution < 1.29 is 27.5 Å². The largest absolute Gasteiger partial charge is 0.462 e. The van der Waals surface area contributed by atoms with E-state index in [0.717, 1.165) is 24.3 Å². The zero-order valence-corrected chi connectivity index (χ0v) is 12.0. The Morgan fingerprint density at radius 2 is 1.48 bits per heavy atom. The maximum atomic E-state index is 12.4. The number of hydrogen-bond donors (Lipinski definition) is 0. The molecule has 0 heterocycles. The van der Waals surface area contributed by atoms with Crippen LogP contribution < -0.4 is 0 Å². The topological polar surface area (TPSA) is 43.4 Å². The first-order valence-electron chi connectivity index (χ1n) is 6.80. The van der Waals surface area contributed by atoms with E-state index < -0.39 is 17.7 Å². The number of esters is 1. The Morgan fingerprint density at radius 3 is 2.04 bits per heavy atom. The fourth-order valence-electron chi connectivity index (χ4n) is 1.88. The molecule has 0 amide bonds. The molecule has 2 aromatic rings. The quantitative estimate of drug-likeness (QED) is 0.614. The number of carbonyl (C=O) groups is 2. The highest BCUT2D eigenvalue weighted by atomic mass is 19.4. The lowest BCUT2D eigenvalue weighted by Gasteiger charge is -2.08. The van der Waals surface area contributed by atoms with Crippen LogP contribution in [0.15, 0.2) is 54.6 Å². The molecule has 0 N–H and O–H groups in total. The van der Waals surface area contributed by atoms with Gasteiger partial charge in [0.1, 0.15) is 0 Å². The number of Topliss-reactive ketones (excluding diaryl/α,β-unsaturated/α-hetero) is 1. The van der Waals surface area contributed by atoms with Crippen LogP contribution in [-0.4, -0.2) is 18.4 Å². The van der Waals surface area contributed by atoms with Gasteiger partial charge < -0.3 is 4.74 Å². The van der Waals surface area contributed by atoms with E-state index in [1.54, 1.807) is 30.3 Å². The summed E-state index contributed by atoms with van der Waals surface area (Å²) in [5, 5.41) is 0. The van der Waals surface area contributed by atoms with Crippen LogP contribution in [0, 0.1) is 0 Å². The van der Waals surface area contributed by atoms with Crippen molar-refractivity contribution in [3.8, 4) is 0 Å². The lowest BCUT2D eigenvalue weighted by atomic mass is 10.1. The van der Waals surface area contributed by atoms with Gasteiger partial charge in [-0.25, -0.2) is 4.79 Å². The molecule has 0 unspecified atom stereocenters. The number of halogens is 3. The third kappa shape index (κ3) is 4.67. The van der Waals surface area contributed by atoms with E-state index in [0.29, 0.717) is 5.56 Å². The van der Waals surface area contributed by atoms with Crippen LogP contribution in [0.4, 0.5) is 13.2 Å². The number of ketones is 1. The lowest BCUT2D eigenvalue weighted by Crippen LogP contribution is -2.11. The van der Waals surface area contributed by atoms with Crippen LogP contribution in [0.5, 0.6) is 0 Å². The number of rotatable bonds is 5. The van der Waals surface area contributed by atoms with Crippen LogP contribution in [0.1, 0.15) is 32.7 Å². The maximum Gasteiger partial charge on any atom is 0.416 e. The Hall–Kier alpha value is -2.63. The molecule has 0 bridgehead atoms. The first kappa shape index (κ1) is 16.7. The minimum absolute atomic E-state index is 0.00478. The summed E-state index contributed by atoms with van der Waals surface area (Å²) in [4.78, 5) is 23.5. The normalized spacial score (nSPS) is 11.1. The number of hydrogen-bond acceptors (Lipinski definition) is 3. The molecule has 3 nitrogen and oxygen atoms in total. The van der Waals surface area contributed by atoms with Crippen molar-refractivity contribution in [3.63, 3.8) is 0 Å². The minimum Gasteiger partial charge on any atom is -0.462 e. The van der Waals surface area contributed by atoms with Crippen molar-refractivity contribution in [2.24, 2.45) is 0 Å². The number of alkyl halides is 3. The monoisotopic (exact) mass is 322 g/mol. The molecule has 0 aliphatic heterocycles. The Labute approximate surface area is 130 Å². The predicted molar refractivity (Wildman–Crippen MR) is 77.1 cm³/mol. The highest BCUT2D eigenvalue weighted by Crippen LogP contribution is 2.29. The zero-order chi connectivity index (χ0) is 16.9. The van der Waals surface area contributed by atoms with Gasteiger partial charge in [0.25, 0.3) is 0 Å². The number of benzene rings is 2. The molecule has 0 aliphatic rings. The van der Waals surface area contributed by atoms with Gasteiger partial charge in [-0.2, -0.15) is 13.2 Å². The van der Waals surface area contributed by atoms with E-state index in [-0.39, 0.29) is 24.4 Å². The van der Waals surface area contributed by atoms with Gasteiger partial charge >= 0.3 is 12.1 Å². The molecule has 0 saturated carbocycles.